The Bertz CT molecular complexity index is 380. The van der Waals surface area contributed by atoms with Crippen LogP contribution in [0.5, 0.6) is 0 Å². The summed E-state index contributed by atoms with van der Waals surface area (Å²) in [5, 5.41) is 3.56. The van der Waals surface area contributed by atoms with Crippen molar-refractivity contribution in [3.05, 3.63) is 23.7 Å². The minimum absolute atomic E-state index is 0.764. The van der Waals surface area contributed by atoms with Crippen molar-refractivity contribution in [3.8, 4) is 0 Å². The molecule has 0 atom stereocenters. The molecule has 2 aliphatic carbocycles. The van der Waals surface area contributed by atoms with Crippen molar-refractivity contribution in [2.45, 2.75) is 51.2 Å². The number of hydrogen-bond acceptors (Lipinski definition) is 3. The van der Waals surface area contributed by atoms with Crippen LogP contribution in [0.15, 0.2) is 16.7 Å². The number of hydrogen-bond donors (Lipinski definition) is 1. The minimum Gasteiger partial charge on any atom is -0.468 e. The molecule has 1 N–H and O–H groups in total. The van der Waals surface area contributed by atoms with Gasteiger partial charge in [0, 0.05) is 24.7 Å². The second-order valence-corrected chi connectivity index (χ2v) is 6.02. The summed E-state index contributed by atoms with van der Waals surface area (Å²) in [7, 11) is 2.21. The van der Waals surface area contributed by atoms with E-state index in [0.29, 0.717) is 0 Å². The highest BCUT2D eigenvalue weighted by atomic mass is 16.3. The molecule has 0 radical (unpaired) electrons. The van der Waals surface area contributed by atoms with Crippen molar-refractivity contribution < 1.29 is 4.42 Å². The first-order valence-electron chi connectivity index (χ1n) is 7.28. The van der Waals surface area contributed by atoms with Crippen LogP contribution in [-0.2, 0) is 13.1 Å². The molecule has 0 saturated heterocycles. The summed E-state index contributed by atoms with van der Waals surface area (Å²) in [5.41, 5.74) is 1.34. The zero-order chi connectivity index (χ0) is 12.4. The Hall–Kier alpha value is -0.800. The van der Waals surface area contributed by atoms with Crippen molar-refractivity contribution in [2.75, 3.05) is 13.6 Å². The highest BCUT2D eigenvalue weighted by Crippen LogP contribution is 2.27. The van der Waals surface area contributed by atoms with Crippen molar-refractivity contribution in [2.24, 2.45) is 5.92 Å². The van der Waals surface area contributed by atoms with Gasteiger partial charge in [0.15, 0.2) is 0 Å². The molecule has 2 fully saturated rings. The fourth-order valence-electron chi connectivity index (χ4n) is 2.63. The standard InChI is InChI=1S/C15H24N2O/c1-17(10-12-3-2-4-12)11-15-13(7-8-18-15)9-16-14-5-6-14/h7-8,12,14,16H,2-6,9-11H2,1H3. The first-order valence-corrected chi connectivity index (χ1v) is 7.28. The van der Waals surface area contributed by atoms with Gasteiger partial charge in [0.05, 0.1) is 12.8 Å². The van der Waals surface area contributed by atoms with Crippen LogP contribution in [0.3, 0.4) is 0 Å². The van der Waals surface area contributed by atoms with Gasteiger partial charge < -0.3 is 9.73 Å². The van der Waals surface area contributed by atoms with Gasteiger partial charge in [0.2, 0.25) is 0 Å². The van der Waals surface area contributed by atoms with Crippen LogP contribution in [0.4, 0.5) is 0 Å². The Balaban J connectivity index is 1.48. The first kappa shape index (κ1) is 12.2. The molecular formula is C15H24N2O. The van der Waals surface area contributed by atoms with E-state index in [1.165, 1.54) is 44.2 Å². The minimum atomic E-state index is 0.764. The Morgan fingerprint density at radius 3 is 2.83 bits per heavy atom. The van der Waals surface area contributed by atoms with Gasteiger partial charge in [-0.2, -0.15) is 0 Å². The highest BCUT2D eigenvalue weighted by Gasteiger charge is 2.22. The lowest BCUT2D eigenvalue weighted by molar-refractivity contribution is 0.190. The lowest BCUT2D eigenvalue weighted by atomic mass is 9.85. The number of nitrogens with one attached hydrogen (secondary N) is 1. The predicted molar refractivity (Wildman–Crippen MR) is 72.2 cm³/mol. The summed E-state index contributed by atoms with van der Waals surface area (Å²) in [5.74, 6) is 2.07. The second-order valence-electron chi connectivity index (χ2n) is 6.02. The fourth-order valence-corrected chi connectivity index (χ4v) is 2.63. The summed E-state index contributed by atoms with van der Waals surface area (Å²) < 4.78 is 5.64. The van der Waals surface area contributed by atoms with E-state index in [9.17, 15) is 0 Å². The molecule has 1 aromatic heterocycles. The van der Waals surface area contributed by atoms with Crippen LogP contribution >= 0.6 is 0 Å². The van der Waals surface area contributed by atoms with Crippen molar-refractivity contribution in [3.63, 3.8) is 0 Å². The summed E-state index contributed by atoms with van der Waals surface area (Å²) in [4.78, 5) is 2.41. The SMILES string of the molecule is CN(Cc1occc1CNC1CC1)CC1CCC1. The molecule has 3 heteroatoms. The molecule has 0 spiro atoms. The second kappa shape index (κ2) is 5.45. The first-order chi connectivity index (χ1) is 8.81. The van der Waals surface area contributed by atoms with Gasteiger partial charge in [-0.1, -0.05) is 6.42 Å². The molecule has 0 bridgehead atoms. The van der Waals surface area contributed by atoms with Crippen LogP contribution < -0.4 is 5.32 Å². The Morgan fingerprint density at radius 2 is 2.17 bits per heavy atom. The van der Waals surface area contributed by atoms with Crippen LogP contribution in [0, 0.1) is 5.92 Å². The third-order valence-electron chi connectivity index (χ3n) is 4.20. The van der Waals surface area contributed by atoms with Crippen LogP contribution in [-0.4, -0.2) is 24.5 Å². The Labute approximate surface area is 110 Å². The molecule has 3 rings (SSSR count). The zero-order valence-electron chi connectivity index (χ0n) is 11.3. The lowest BCUT2D eigenvalue weighted by Gasteiger charge is -2.29. The van der Waals surface area contributed by atoms with E-state index < -0.39 is 0 Å². The van der Waals surface area contributed by atoms with Crippen LogP contribution in [0.2, 0.25) is 0 Å². The van der Waals surface area contributed by atoms with Crippen molar-refractivity contribution in [1.29, 1.82) is 0 Å². The average Bonchev–Trinajstić information content (AvgIpc) is 3.03. The van der Waals surface area contributed by atoms with Gasteiger partial charge in [0.1, 0.15) is 5.76 Å². The maximum atomic E-state index is 5.64. The lowest BCUT2D eigenvalue weighted by Crippen LogP contribution is -2.29. The third-order valence-corrected chi connectivity index (χ3v) is 4.20. The number of furan rings is 1. The molecular weight excluding hydrogens is 224 g/mol. The van der Waals surface area contributed by atoms with E-state index in [1.54, 1.807) is 0 Å². The molecule has 0 amide bonds. The van der Waals surface area contributed by atoms with E-state index in [1.807, 2.05) is 6.26 Å². The topological polar surface area (TPSA) is 28.4 Å². The molecule has 2 saturated carbocycles. The van der Waals surface area contributed by atoms with Crippen molar-refractivity contribution >= 4 is 0 Å². The maximum Gasteiger partial charge on any atom is 0.122 e. The average molecular weight is 248 g/mol. The number of rotatable bonds is 7. The quantitative estimate of drug-likeness (QED) is 0.804. The van der Waals surface area contributed by atoms with Gasteiger partial charge in [-0.05, 0) is 44.7 Å². The fraction of sp³-hybridized carbons (Fsp3) is 0.733. The normalized spacial score (nSPS) is 20.3. The van der Waals surface area contributed by atoms with Gasteiger partial charge in [-0.15, -0.1) is 0 Å². The largest absolute Gasteiger partial charge is 0.468 e. The third kappa shape index (κ3) is 3.15. The predicted octanol–water partition coefficient (Wildman–Crippen LogP) is 2.76. The number of nitrogens with zero attached hydrogens (tertiary/aromatic N) is 1. The summed E-state index contributed by atoms with van der Waals surface area (Å²) in [6.07, 6.45) is 8.77. The van der Waals surface area contributed by atoms with Crippen LogP contribution in [0.25, 0.3) is 0 Å². The monoisotopic (exact) mass is 248 g/mol. The van der Waals surface area contributed by atoms with E-state index in [0.717, 1.165) is 30.8 Å². The summed E-state index contributed by atoms with van der Waals surface area (Å²) in [6.45, 7) is 3.13. The van der Waals surface area contributed by atoms with Gasteiger partial charge >= 0.3 is 0 Å². The Morgan fingerprint density at radius 1 is 1.33 bits per heavy atom. The molecule has 2 aliphatic rings. The van der Waals surface area contributed by atoms with E-state index in [4.69, 9.17) is 4.42 Å². The molecule has 0 unspecified atom stereocenters. The Kier molecular flexibility index (Phi) is 3.71. The van der Waals surface area contributed by atoms with Gasteiger partial charge in [0.25, 0.3) is 0 Å². The zero-order valence-corrected chi connectivity index (χ0v) is 11.3. The van der Waals surface area contributed by atoms with Crippen molar-refractivity contribution in [1.82, 2.24) is 10.2 Å². The van der Waals surface area contributed by atoms with E-state index in [-0.39, 0.29) is 0 Å². The summed E-state index contributed by atoms with van der Waals surface area (Å²) >= 11 is 0. The molecule has 0 aromatic carbocycles. The molecule has 18 heavy (non-hydrogen) atoms. The van der Waals surface area contributed by atoms with Crippen LogP contribution in [0.1, 0.15) is 43.4 Å². The molecule has 3 nitrogen and oxygen atoms in total. The molecule has 1 aromatic rings. The van der Waals surface area contributed by atoms with E-state index in [2.05, 4.69) is 23.3 Å². The summed E-state index contributed by atoms with van der Waals surface area (Å²) in [6, 6.07) is 2.88. The maximum absolute atomic E-state index is 5.64. The molecule has 100 valence electrons. The smallest absolute Gasteiger partial charge is 0.122 e. The molecule has 1 heterocycles. The van der Waals surface area contributed by atoms with E-state index >= 15 is 0 Å². The highest BCUT2D eigenvalue weighted by molar-refractivity contribution is 5.17. The van der Waals surface area contributed by atoms with Gasteiger partial charge in [-0.3, -0.25) is 4.90 Å². The molecule has 0 aliphatic heterocycles. The van der Waals surface area contributed by atoms with Gasteiger partial charge in [-0.25, -0.2) is 0 Å².